The van der Waals surface area contributed by atoms with E-state index in [2.05, 4.69) is 36.1 Å². The fourth-order valence-electron chi connectivity index (χ4n) is 1.90. The number of halogens is 1. The molecule has 0 radical (unpaired) electrons. The Balaban J connectivity index is 2.34. The van der Waals surface area contributed by atoms with Crippen molar-refractivity contribution in [3.8, 4) is 10.7 Å². The monoisotopic (exact) mass is 309 g/mol. The number of aromatic nitrogens is 2. The maximum Gasteiger partial charge on any atom is 0.171 e. The van der Waals surface area contributed by atoms with Crippen LogP contribution in [0, 0.1) is 5.92 Å². The zero-order valence-electron chi connectivity index (χ0n) is 12.1. The lowest BCUT2D eigenvalue weighted by atomic mass is 10.1. The molecule has 0 aliphatic carbocycles. The first-order valence-corrected chi connectivity index (χ1v) is 8.20. The van der Waals surface area contributed by atoms with Crippen molar-refractivity contribution < 1.29 is 0 Å². The number of rotatable bonds is 6. The van der Waals surface area contributed by atoms with Gasteiger partial charge in [-0.15, -0.1) is 11.3 Å². The third-order valence-corrected chi connectivity index (χ3v) is 4.01. The van der Waals surface area contributed by atoms with Crippen molar-refractivity contribution in [2.45, 2.75) is 33.6 Å². The molecule has 108 valence electrons. The van der Waals surface area contributed by atoms with Crippen molar-refractivity contribution in [3.05, 3.63) is 28.2 Å². The second kappa shape index (κ2) is 7.04. The van der Waals surface area contributed by atoms with E-state index in [0.29, 0.717) is 5.92 Å². The molecule has 2 aromatic heterocycles. The summed E-state index contributed by atoms with van der Waals surface area (Å²) < 4.78 is 0. The minimum absolute atomic E-state index is 0.573. The van der Waals surface area contributed by atoms with E-state index in [4.69, 9.17) is 11.6 Å². The van der Waals surface area contributed by atoms with E-state index in [0.717, 1.165) is 46.6 Å². The number of hydrogen-bond donors (Lipinski definition) is 1. The van der Waals surface area contributed by atoms with E-state index in [9.17, 15) is 0 Å². The molecule has 0 fully saturated rings. The first kappa shape index (κ1) is 15.3. The summed E-state index contributed by atoms with van der Waals surface area (Å²) >= 11 is 7.58. The molecular weight excluding hydrogens is 290 g/mol. The van der Waals surface area contributed by atoms with Crippen molar-refractivity contribution in [3.63, 3.8) is 0 Å². The van der Waals surface area contributed by atoms with Gasteiger partial charge in [-0.05, 0) is 24.8 Å². The lowest BCUT2D eigenvalue weighted by molar-refractivity contribution is 0.635. The highest BCUT2D eigenvalue weighted by molar-refractivity contribution is 7.14. The van der Waals surface area contributed by atoms with Gasteiger partial charge in [0.05, 0.1) is 9.90 Å². The Morgan fingerprint density at radius 2 is 2.10 bits per heavy atom. The summed E-state index contributed by atoms with van der Waals surface area (Å²) in [4.78, 5) is 10.3. The zero-order valence-corrected chi connectivity index (χ0v) is 13.7. The molecule has 5 heteroatoms. The highest BCUT2D eigenvalue weighted by atomic mass is 35.5. The van der Waals surface area contributed by atoms with Crippen LogP contribution in [0.3, 0.4) is 0 Å². The number of hydrogen-bond acceptors (Lipinski definition) is 4. The van der Waals surface area contributed by atoms with E-state index in [1.807, 2.05) is 17.5 Å². The maximum absolute atomic E-state index is 6.00. The van der Waals surface area contributed by atoms with Crippen molar-refractivity contribution in [1.82, 2.24) is 9.97 Å². The first-order valence-electron chi connectivity index (χ1n) is 6.94. The van der Waals surface area contributed by atoms with Gasteiger partial charge in [-0.3, -0.25) is 0 Å². The van der Waals surface area contributed by atoms with Crippen LogP contribution in [0.4, 0.5) is 5.82 Å². The van der Waals surface area contributed by atoms with Crippen LogP contribution in [-0.2, 0) is 6.42 Å². The van der Waals surface area contributed by atoms with Gasteiger partial charge in [0.15, 0.2) is 5.82 Å². The largest absolute Gasteiger partial charge is 0.370 e. The Morgan fingerprint density at radius 1 is 1.30 bits per heavy atom. The lowest BCUT2D eigenvalue weighted by Gasteiger charge is -2.10. The fraction of sp³-hybridized carbons (Fsp3) is 0.467. The number of thiophene rings is 1. The standard InChI is InChI=1S/C15H20ClN3S/c1-4-5-17-14-8-12(6-10(2)3)18-15(19-14)13-7-11(16)9-20-13/h7-10H,4-6H2,1-3H3,(H,17,18,19). The summed E-state index contributed by atoms with van der Waals surface area (Å²) in [5.74, 6) is 2.24. The van der Waals surface area contributed by atoms with E-state index in [1.165, 1.54) is 0 Å². The average Bonchev–Trinajstić information content (AvgIpc) is 2.82. The second-order valence-electron chi connectivity index (χ2n) is 5.22. The summed E-state index contributed by atoms with van der Waals surface area (Å²) in [6, 6.07) is 3.97. The predicted molar refractivity (Wildman–Crippen MR) is 87.7 cm³/mol. The number of nitrogens with zero attached hydrogens (tertiary/aromatic N) is 2. The third kappa shape index (κ3) is 4.18. The topological polar surface area (TPSA) is 37.8 Å². The van der Waals surface area contributed by atoms with Crippen molar-refractivity contribution in [2.75, 3.05) is 11.9 Å². The van der Waals surface area contributed by atoms with Gasteiger partial charge in [0, 0.05) is 23.7 Å². The molecule has 1 N–H and O–H groups in total. The average molecular weight is 310 g/mol. The normalized spacial score (nSPS) is 11.1. The molecule has 0 aliphatic rings. The van der Waals surface area contributed by atoms with Gasteiger partial charge < -0.3 is 5.32 Å². The molecule has 0 aliphatic heterocycles. The molecule has 0 spiro atoms. The van der Waals surface area contributed by atoms with Crippen molar-refractivity contribution in [1.29, 1.82) is 0 Å². The molecule has 0 amide bonds. The van der Waals surface area contributed by atoms with Gasteiger partial charge in [0.2, 0.25) is 0 Å². The second-order valence-corrected chi connectivity index (χ2v) is 6.57. The maximum atomic E-state index is 6.00. The van der Waals surface area contributed by atoms with Gasteiger partial charge in [-0.25, -0.2) is 9.97 Å². The van der Waals surface area contributed by atoms with Crippen LogP contribution >= 0.6 is 22.9 Å². The minimum Gasteiger partial charge on any atom is -0.370 e. The Bertz CT molecular complexity index is 566. The molecule has 0 aromatic carbocycles. The van der Waals surface area contributed by atoms with E-state index < -0.39 is 0 Å². The first-order chi connectivity index (χ1) is 9.58. The summed E-state index contributed by atoms with van der Waals surface area (Å²) in [5, 5.41) is 6.00. The van der Waals surface area contributed by atoms with Gasteiger partial charge in [0.1, 0.15) is 5.82 Å². The molecule has 0 atom stereocenters. The molecular formula is C15H20ClN3S. The number of anilines is 1. The zero-order chi connectivity index (χ0) is 14.5. The Hall–Kier alpha value is -1.13. The quantitative estimate of drug-likeness (QED) is 0.826. The Labute approximate surface area is 129 Å². The predicted octanol–water partition coefficient (Wildman–Crippen LogP) is 4.88. The van der Waals surface area contributed by atoms with Crippen LogP contribution in [0.1, 0.15) is 32.9 Å². The van der Waals surface area contributed by atoms with Crippen LogP contribution in [0.15, 0.2) is 17.5 Å². The third-order valence-electron chi connectivity index (χ3n) is 2.74. The highest BCUT2D eigenvalue weighted by Crippen LogP contribution is 2.28. The van der Waals surface area contributed by atoms with E-state index in [1.54, 1.807) is 11.3 Å². The molecule has 2 rings (SSSR count). The summed E-state index contributed by atoms with van der Waals surface area (Å²) in [6.07, 6.45) is 2.03. The van der Waals surface area contributed by atoms with Crippen molar-refractivity contribution >= 4 is 28.8 Å². The van der Waals surface area contributed by atoms with E-state index in [-0.39, 0.29) is 0 Å². The Morgan fingerprint density at radius 3 is 2.70 bits per heavy atom. The Kier molecular flexibility index (Phi) is 5.38. The fourth-order valence-corrected chi connectivity index (χ4v) is 2.91. The molecule has 0 bridgehead atoms. The van der Waals surface area contributed by atoms with Crippen LogP contribution in [-0.4, -0.2) is 16.5 Å². The molecule has 0 saturated heterocycles. The van der Waals surface area contributed by atoms with Crippen LogP contribution in [0.2, 0.25) is 5.02 Å². The van der Waals surface area contributed by atoms with Crippen molar-refractivity contribution in [2.24, 2.45) is 5.92 Å². The van der Waals surface area contributed by atoms with Gasteiger partial charge in [-0.1, -0.05) is 32.4 Å². The van der Waals surface area contributed by atoms with Gasteiger partial charge in [0.25, 0.3) is 0 Å². The van der Waals surface area contributed by atoms with Crippen LogP contribution in [0.5, 0.6) is 0 Å². The lowest BCUT2D eigenvalue weighted by Crippen LogP contribution is -2.06. The molecule has 0 saturated carbocycles. The van der Waals surface area contributed by atoms with E-state index >= 15 is 0 Å². The molecule has 2 aromatic rings. The summed E-state index contributed by atoms with van der Waals surface area (Å²) in [5.41, 5.74) is 1.08. The molecule has 3 nitrogen and oxygen atoms in total. The molecule has 20 heavy (non-hydrogen) atoms. The SMILES string of the molecule is CCCNc1cc(CC(C)C)nc(-c2cc(Cl)cs2)n1. The minimum atomic E-state index is 0.573. The highest BCUT2D eigenvalue weighted by Gasteiger charge is 2.10. The van der Waals surface area contributed by atoms with Crippen LogP contribution < -0.4 is 5.32 Å². The smallest absolute Gasteiger partial charge is 0.171 e. The summed E-state index contributed by atoms with van der Waals surface area (Å²) in [7, 11) is 0. The summed E-state index contributed by atoms with van der Waals surface area (Å²) in [6.45, 7) is 7.46. The molecule has 2 heterocycles. The molecule has 0 unspecified atom stereocenters. The van der Waals surface area contributed by atoms with Gasteiger partial charge in [-0.2, -0.15) is 0 Å². The number of nitrogens with one attached hydrogen (secondary N) is 1. The van der Waals surface area contributed by atoms with Crippen LogP contribution in [0.25, 0.3) is 10.7 Å². The van der Waals surface area contributed by atoms with Gasteiger partial charge >= 0.3 is 0 Å².